The normalized spacial score (nSPS) is 16.1. The van der Waals surface area contributed by atoms with Gasteiger partial charge in [0.2, 0.25) is 5.91 Å². The highest BCUT2D eigenvalue weighted by Crippen LogP contribution is 2.33. The van der Waals surface area contributed by atoms with Crippen LogP contribution < -0.4 is 0 Å². The SMILES string of the molecule is COCCN(CC(=O)N1N=C(c2ccc(F)cc2)C[C@H]1c1ccco1)C(=O)C(C)C. The van der Waals surface area contributed by atoms with Gasteiger partial charge in [-0.25, -0.2) is 9.40 Å². The van der Waals surface area contributed by atoms with E-state index in [2.05, 4.69) is 5.10 Å². The van der Waals surface area contributed by atoms with E-state index in [1.54, 1.807) is 51.5 Å². The number of carbonyl (C=O) groups is 2. The number of hydrogen-bond donors (Lipinski definition) is 0. The second-order valence-electron chi connectivity index (χ2n) is 7.43. The highest BCUT2D eigenvalue weighted by molar-refractivity contribution is 6.03. The second-order valence-corrected chi connectivity index (χ2v) is 7.43. The Morgan fingerprint density at radius 1 is 1.30 bits per heavy atom. The Hall–Kier alpha value is -3.00. The van der Waals surface area contributed by atoms with E-state index in [1.165, 1.54) is 22.0 Å². The Bertz CT molecular complexity index is 894. The van der Waals surface area contributed by atoms with Gasteiger partial charge in [0.1, 0.15) is 24.2 Å². The van der Waals surface area contributed by atoms with Crippen LogP contribution in [-0.4, -0.2) is 54.2 Å². The second kappa shape index (κ2) is 9.67. The van der Waals surface area contributed by atoms with Crippen LogP contribution in [0, 0.1) is 11.7 Å². The first-order valence-electron chi connectivity index (χ1n) is 9.87. The zero-order valence-electron chi connectivity index (χ0n) is 17.4. The molecule has 0 aliphatic carbocycles. The van der Waals surface area contributed by atoms with Crippen LogP contribution in [0.4, 0.5) is 4.39 Å². The number of hydrogen-bond acceptors (Lipinski definition) is 5. The zero-order valence-corrected chi connectivity index (χ0v) is 17.4. The van der Waals surface area contributed by atoms with Gasteiger partial charge in [0.25, 0.3) is 5.91 Å². The summed E-state index contributed by atoms with van der Waals surface area (Å²) in [5.74, 6) is -0.431. The van der Waals surface area contributed by atoms with Crippen molar-refractivity contribution in [2.45, 2.75) is 26.3 Å². The molecule has 7 nitrogen and oxygen atoms in total. The van der Waals surface area contributed by atoms with Gasteiger partial charge in [0.05, 0.1) is 18.6 Å². The van der Waals surface area contributed by atoms with Crippen LogP contribution in [-0.2, 0) is 14.3 Å². The van der Waals surface area contributed by atoms with Crippen molar-refractivity contribution in [3.05, 3.63) is 59.8 Å². The molecule has 1 aliphatic rings. The summed E-state index contributed by atoms with van der Waals surface area (Å²) >= 11 is 0. The molecule has 2 heterocycles. The molecule has 1 aliphatic heterocycles. The van der Waals surface area contributed by atoms with Gasteiger partial charge in [-0.05, 0) is 29.8 Å². The fraction of sp³-hybridized carbons (Fsp3) is 0.409. The number of nitrogens with zero attached hydrogens (tertiary/aromatic N) is 3. The summed E-state index contributed by atoms with van der Waals surface area (Å²) in [6, 6.07) is 9.10. The molecule has 0 radical (unpaired) electrons. The third kappa shape index (κ3) is 4.94. The lowest BCUT2D eigenvalue weighted by atomic mass is 10.0. The van der Waals surface area contributed by atoms with Crippen molar-refractivity contribution >= 4 is 17.5 Å². The molecule has 30 heavy (non-hydrogen) atoms. The van der Waals surface area contributed by atoms with E-state index in [0.717, 1.165) is 5.56 Å². The molecule has 0 saturated carbocycles. The predicted molar refractivity (Wildman–Crippen MR) is 109 cm³/mol. The first kappa shape index (κ1) is 21.7. The summed E-state index contributed by atoms with van der Waals surface area (Å²) in [6.07, 6.45) is 1.97. The minimum atomic E-state index is -0.425. The molecule has 0 bridgehead atoms. The maximum Gasteiger partial charge on any atom is 0.262 e. The number of hydrazone groups is 1. The lowest BCUT2D eigenvalue weighted by molar-refractivity contribution is -0.144. The molecule has 1 aromatic carbocycles. The standard InChI is InChI=1S/C22H26FN3O4/c1-15(2)22(28)25(10-12-29-3)14-21(27)26-19(20-5-4-11-30-20)13-18(24-26)16-6-8-17(23)9-7-16/h4-9,11,15,19H,10,12-14H2,1-3H3/t19-/m0/s1. The number of halogens is 1. The van der Waals surface area contributed by atoms with Crippen molar-refractivity contribution in [2.75, 3.05) is 26.8 Å². The molecule has 0 unspecified atom stereocenters. The van der Waals surface area contributed by atoms with Gasteiger partial charge in [-0.3, -0.25) is 9.59 Å². The number of carbonyl (C=O) groups excluding carboxylic acids is 2. The van der Waals surface area contributed by atoms with Gasteiger partial charge >= 0.3 is 0 Å². The molecule has 0 N–H and O–H groups in total. The smallest absolute Gasteiger partial charge is 0.262 e. The van der Waals surface area contributed by atoms with Gasteiger partial charge in [-0.2, -0.15) is 5.10 Å². The maximum absolute atomic E-state index is 13.3. The van der Waals surface area contributed by atoms with E-state index in [-0.39, 0.29) is 30.1 Å². The quantitative estimate of drug-likeness (QED) is 0.663. The van der Waals surface area contributed by atoms with Gasteiger partial charge in [0, 0.05) is 26.0 Å². The summed E-state index contributed by atoms with van der Waals surface area (Å²) in [5, 5.41) is 5.88. The topological polar surface area (TPSA) is 75.3 Å². The van der Waals surface area contributed by atoms with E-state index >= 15 is 0 Å². The molecule has 160 valence electrons. The summed E-state index contributed by atoms with van der Waals surface area (Å²) in [4.78, 5) is 27.2. The minimum absolute atomic E-state index is 0.113. The van der Waals surface area contributed by atoms with Crippen LogP contribution in [0.2, 0.25) is 0 Å². The third-order valence-corrected chi connectivity index (χ3v) is 4.91. The molecule has 0 fully saturated rings. The van der Waals surface area contributed by atoms with Crippen LogP contribution in [0.5, 0.6) is 0 Å². The predicted octanol–water partition coefficient (Wildman–Crippen LogP) is 3.23. The third-order valence-electron chi connectivity index (χ3n) is 4.91. The van der Waals surface area contributed by atoms with Crippen molar-refractivity contribution in [3.8, 4) is 0 Å². The van der Waals surface area contributed by atoms with Crippen molar-refractivity contribution in [1.82, 2.24) is 9.91 Å². The fourth-order valence-corrected chi connectivity index (χ4v) is 3.33. The van der Waals surface area contributed by atoms with Crippen molar-refractivity contribution in [3.63, 3.8) is 0 Å². The first-order valence-corrected chi connectivity index (χ1v) is 9.87. The van der Waals surface area contributed by atoms with Gasteiger partial charge in [-0.1, -0.05) is 26.0 Å². The highest BCUT2D eigenvalue weighted by atomic mass is 19.1. The molecule has 0 saturated heterocycles. The Kier molecular flexibility index (Phi) is 6.99. The minimum Gasteiger partial charge on any atom is -0.467 e. The van der Waals surface area contributed by atoms with Crippen LogP contribution in [0.1, 0.15) is 37.6 Å². The van der Waals surface area contributed by atoms with Crippen molar-refractivity contribution in [1.29, 1.82) is 0 Å². The number of furan rings is 1. The zero-order chi connectivity index (χ0) is 21.7. The van der Waals surface area contributed by atoms with Gasteiger partial charge in [0.15, 0.2) is 0 Å². The number of rotatable bonds is 8. The number of benzene rings is 1. The van der Waals surface area contributed by atoms with Crippen LogP contribution >= 0.6 is 0 Å². The van der Waals surface area contributed by atoms with Gasteiger partial charge < -0.3 is 14.1 Å². The summed E-state index contributed by atoms with van der Waals surface area (Å²) in [5.41, 5.74) is 1.39. The average molecular weight is 415 g/mol. The number of ether oxygens (including phenoxy) is 1. The van der Waals surface area contributed by atoms with Crippen molar-refractivity contribution < 1.29 is 23.1 Å². The molecule has 1 atom stereocenters. The molecule has 3 rings (SSSR count). The number of methoxy groups -OCH3 is 1. The van der Waals surface area contributed by atoms with E-state index in [4.69, 9.17) is 9.15 Å². The van der Waals surface area contributed by atoms with Crippen LogP contribution in [0.25, 0.3) is 0 Å². The average Bonchev–Trinajstić information content (AvgIpc) is 3.40. The summed E-state index contributed by atoms with van der Waals surface area (Å²) < 4.78 is 23.9. The molecule has 1 aromatic heterocycles. The lowest BCUT2D eigenvalue weighted by Gasteiger charge is -2.27. The first-order chi connectivity index (χ1) is 14.4. The molecule has 2 amide bonds. The monoisotopic (exact) mass is 415 g/mol. The maximum atomic E-state index is 13.3. The van der Waals surface area contributed by atoms with Gasteiger partial charge in [-0.15, -0.1) is 0 Å². The Labute approximate surface area is 175 Å². The fourth-order valence-electron chi connectivity index (χ4n) is 3.33. The number of amides is 2. The van der Waals surface area contributed by atoms with Crippen LogP contribution in [0.15, 0.2) is 52.2 Å². The van der Waals surface area contributed by atoms with Crippen LogP contribution in [0.3, 0.4) is 0 Å². The Morgan fingerprint density at radius 3 is 2.63 bits per heavy atom. The lowest BCUT2D eigenvalue weighted by Crippen LogP contribution is -2.44. The van der Waals surface area contributed by atoms with Crippen molar-refractivity contribution in [2.24, 2.45) is 11.0 Å². The van der Waals surface area contributed by atoms with E-state index in [0.29, 0.717) is 31.0 Å². The summed E-state index contributed by atoms with van der Waals surface area (Å²) in [7, 11) is 1.55. The molecule has 2 aromatic rings. The molecule has 8 heteroatoms. The highest BCUT2D eigenvalue weighted by Gasteiger charge is 2.36. The Morgan fingerprint density at radius 2 is 2.03 bits per heavy atom. The molecule has 0 spiro atoms. The largest absolute Gasteiger partial charge is 0.467 e. The van der Waals surface area contributed by atoms with E-state index in [1.807, 2.05) is 0 Å². The Balaban J connectivity index is 1.85. The molecular weight excluding hydrogens is 389 g/mol. The molecular formula is C22H26FN3O4. The van der Waals surface area contributed by atoms with E-state index < -0.39 is 6.04 Å². The summed E-state index contributed by atoms with van der Waals surface area (Å²) in [6.45, 7) is 4.11. The van der Waals surface area contributed by atoms with E-state index in [9.17, 15) is 14.0 Å².